The minimum absolute atomic E-state index is 0.0595. The predicted molar refractivity (Wildman–Crippen MR) is 336 cm³/mol. The van der Waals surface area contributed by atoms with Crippen molar-refractivity contribution in [3.63, 3.8) is 0 Å². The Hall–Kier alpha value is -9.88. The average Bonchev–Trinajstić information content (AvgIpc) is 4.41. The van der Waals surface area contributed by atoms with E-state index < -0.39 is 0 Å². The number of hydrogen-bond donors (Lipinski definition) is 0. The van der Waals surface area contributed by atoms with E-state index in [9.17, 15) is 0 Å². The molecular formula is C73H46N4OS. The Morgan fingerprint density at radius 1 is 0.430 bits per heavy atom. The van der Waals surface area contributed by atoms with Gasteiger partial charge in [-0.05, 0) is 112 Å². The summed E-state index contributed by atoms with van der Waals surface area (Å²) in [6, 6.07) is 86.3. The lowest BCUT2D eigenvalue weighted by Gasteiger charge is -2.22. The van der Waals surface area contributed by atoms with Crippen molar-refractivity contribution in [1.82, 2.24) is 9.13 Å². The molecule has 0 saturated carbocycles. The molecule has 1 aliphatic rings. The number of fused-ring (bicyclic) bond motifs is 16. The van der Waals surface area contributed by atoms with E-state index in [1.54, 1.807) is 0 Å². The van der Waals surface area contributed by atoms with Crippen molar-refractivity contribution in [3.05, 3.63) is 259 Å². The lowest BCUT2D eigenvalue weighted by Crippen LogP contribution is -2.19. The molecule has 4 aromatic heterocycles. The summed E-state index contributed by atoms with van der Waals surface area (Å²) >= 11 is 1.88. The van der Waals surface area contributed by atoms with E-state index in [0.29, 0.717) is 12.3 Å². The Morgan fingerprint density at radius 2 is 1.05 bits per heavy atom. The molecule has 0 N–H and O–H groups in total. The van der Waals surface area contributed by atoms with E-state index in [1.165, 1.54) is 68.6 Å². The molecule has 16 aromatic rings. The summed E-state index contributed by atoms with van der Waals surface area (Å²) in [6.07, 6.45) is 3.02. The first kappa shape index (κ1) is 44.3. The van der Waals surface area contributed by atoms with Crippen molar-refractivity contribution < 1.29 is 4.42 Å². The average molecular weight is 1030 g/mol. The summed E-state index contributed by atoms with van der Waals surface area (Å²) in [4.78, 5) is 12.0. The van der Waals surface area contributed by atoms with Crippen LogP contribution in [0.3, 0.4) is 0 Å². The Labute approximate surface area is 457 Å². The number of furan rings is 1. The molecule has 5 nitrogen and oxygen atoms in total. The number of allylic oxidation sites excluding steroid dienone is 1. The molecular weight excluding hydrogens is 981 g/mol. The maximum atomic E-state index is 6.78. The fourth-order valence-corrected chi connectivity index (χ4v) is 14.3. The van der Waals surface area contributed by atoms with Gasteiger partial charge >= 0.3 is 0 Å². The standard InChI is InChI=1S/C73H46N4OS/c1-43-33-36-62(56-29-16-28-54-52-26-12-14-32-67(52)78-71(54)56)74-73(57-30-15-27-53-51-25-11-13-31-63(51)76(70(53)57)49-22-3-2-4-23-49)75-69(43)61-42-68-60(55-35-34-44-17-9-10-24-50(44)72(55)79-68)41-66(61)77-64-39-47-20-7-5-18-45(47)37-58(64)59-38-46-19-6-8-21-48(46)40-65(59)77/h2-32,34-43H,33H2,1H3/b62-36+,74-73-,75-69+. The van der Waals surface area contributed by atoms with Crippen LogP contribution in [0.15, 0.2) is 257 Å². The number of rotatable bonds is 5. The highest BCUT2D eigenvalue weighted by molar-refractivity contribution is 7.26. The molecule has 0 bridgehead atoms. The van der Waals surface area contributed by atoms with Gasteiger partial charge in [-0.3, -0.25) is 0 Å². The van der Waals surface area contributed by atoms with Crippen LogP contribution < -0.4 is 0 Å². The molecule has 1 aliphatic heterocycles. The van der Waals surface area contributed by atoms with Gasteiger partial charge in [0.2, 0.25) is 0 Å². The predicted octanol–water partition coefficient (Wildman–Crippen LogP) is 19.9. The van der Waals surface area contributed by atoms with Crippen LogP contribution in [-0.4, -0.2) is 20.7 Å². The van der Waals surface area contributed by atoms with E-state index in [-0.39, 0.29) is 5.92 Å². The highest BCUT2D eigenvalue weighted by atomic mass is 32.1. The maximum Gasteiger partial charge on any atom is 0.162 e. The van der Waals surface area contributed by atoms with Crippen LogP contribution >= 0.6 is 11.3 Å². The molecule has 0 fully saturated rings. The summed E-state index contributed by atoms with van der Waals surface area (Å²) < 4.78 is 14.2. The summed E-state index contributed by atoms with van der Waals surface area (Å²) in [5.41, 5.74) is 13.1. The van der Waals surface area contributed by atoms with Crippen LogP contribution in [0.5, 0.6) is 0 Å². The van der Waals surface area contributed by atoms with E-state index in [2.05, 4.69) is 253 Å². The lowest BCUT2D eigenvalue weighted by molar-refractivity contribution is 0.667. The molecule has 79 heavy (non-hydrogen) atoms. The van der Waals surface area contributed by atoms with Gasteiger partial charge < -0.3 is 13.6 Å². The fourth-order valence-electron chi connectivity index (χ4n) is 13.0. The summed E-state index contributed by atoms with van der Waals surface area (Å²) in [6.45, 7) is 2.35. The lowest BCUT2D eigenvalue weighted by atomic mass is 9.91. The van der Waals surface area contributed by atoms with E-state index in [0.717, 1.165) is 88.9 Å². The van der Waals surface area contributed by atoms with E-state index in [1.807, 2.05) is 17.4 Å². The Kier molecular flexibility index (Phi) is 9.56. The molecule has 1 unspecified atom stereocenters. The van der Waals surface area contributed by atoms with Crippen molar-refractivity contribution in [3.8, 4) is 11.4 Å². The number of benzene rings is 12. The molecule has 5 heterocycles. The molecule has 0 aliphatic carbocycles. The molecule has 0 saturated heterocycles. The Balaban J connectivity index is 1.01. The minimum atomic E-state index is -0.0595. The topological polar surface area (TPSA) is 47.7 Å². The number of para-hydroxylation sites is 5. The highest BCUT2D eigenvalue weighted by Gasteiger charge is 2.28. The second kappa shape index (κ2) is 17.1. The number of aliphatic imine (C=N–C) groups is 2. The SMILES string of the molecule is CC1C/C=C(c2cccc3c2oc2ccccc23)/N=C(c2cccc3c4ccccc4n(-c4ccccc4)c23)\N=C/1c1cc2sc3c4ccccc4ccc3c2cc1-n1c2cc3ccccc3cc2c2cc3ccccc3cc21. The van der Waals surface area contributed by atoms with E-state index >= 15 is 0 Å². The van der Waals surface area contributed by atoms with Gasteiger partial charge in [0.25, 0.3) is 0 Å². The zero-order valence-corrected chi connectivity index (χ0v) is 43.8. The molecule has 0 amide bonds. The zero-order chi connectivity index (χ0) is 51.9. The van der Waals surface area contributed by atoms with Crippen molar-refractivity contribution in [2.24, 2.45) is 15.9 Å². The monoisotopic (exact) mass is 1030 g/mol. The largest absolute Gasteiger partial charge is 0.455 e. The van der Waals surface area contributed by atoms with E-state index in [4.69, 9.17) is 14.4 Å². The van der Waals surface area contributed by atoms with Crippen LogP contribution in [0, 0.1) is 5.92 Å². The molecule has 1 atom stereocenters. The van der Waals surface area contributed by atoms with Crippen molar-refractivity contribution >= 4 is 147 Å². The fraction of sp³-hybridized carbons (Fsp3) is 0.0411. The van der Waals surface area contributed by atoms with Crippen LogP contribution in [0.4, 0.5) is 0 Å². The Morgan fingerprint density at radius 3 is 1.81 bits per heavy atom. The third-order valence-electron chi connectivity index (χ3n) is 16.7. The van der Waals surface area contributed by atoms with Gasteiger partial charge in [0, 0.05) is 80.8 Å². The third kappa shape index (κ3) is 6.68. The van der Waals surface area contributed by atoms with Crippen LogP contribution in [0.25, 0.3) is 135 Å². The van der Waals surface area contributed by atoms with Gasteiger partial charge in [-0.25, -0.2) is 9.98 Å². The maximum absolute atomic E-state index is 6.78. The number of nitrogens with zero attached hydrogens (tertiary/aromatic N) is 4. The van der Waals surface area contributed by atoms with Gasteiger partial charge in [-0.15, -0.1) is 11.3 Å². The first-order chi connectivity index (χ1) is 39.1. The molecule has 370 valence electrons. The summed E-state index contributed by atoms with van der Waals surface area (Å²) in [5, 5.41) is 16.7. The number of amidine groups is 1. The first-order valence-corrected chi connectivity index (χ1v) is 28.0. The van der Waals surface area contributed by atoms with Crippen molar-refractivity contribution in [2.75, 3.05) is 0 Å². The molecule has 6 heteroatoms. The van der Waals surface area contributed by atoms with Crippen LogP contribution in [0.2, 0.25) is 0 Å². The quantitative estimate of drug-likeness (QED) is 0.169. The second-order valence-electron chi connectivity index (χ2n) is 21.2. The van der Waals surface area contributed by atoms with Crippen LogP contribution in [0.1, 0.15) is 30.0 Å². The summed E-state index contributed by atoms with van der Waals surface area (Å²) in [5.74, 6) is 0.579. The molecule has 0 spiro atoms. The minimum Gasteiger partial charge on any atom is -0.455 e. The van der Waals surface area contributed by atoms with Gasteiger partial charge in [-0.2, -0.15) is 0 Å². The molecule has 0 radical (unpaired) electrons. The highest BCUT2D eigenvalue weighted by Crippen LogP contribution is 2.45. The normalized spacial score (nSPS) is 16.4. The van der Waals surface area contributed by atoms with Crippen LogP contribution in [-0.2, 0) is 0 Å². The molecule has 12 aromatic carbocycles. The molecule has 17 rings (SSSR count). The van der Waals surface area contributed by atoms with Gasteiger partial charge in [0.05, 0.1) is 39.2 Å². The number of thiophene rings is 1. The van der Waals surface area contributed by atoms with Crippen molar-refractivity contribution in [1.29, 1.82) is 0 Å². The van der Waals surface area contributed by atoms with Crippen molar-refractivity contribution in [2.45, 2.75) is 13.3 Å². The van der Waals surface area contributed by atoms with Gasteiger partial charge in [0.1, 0.15) is 11.2 Å². The zero-order valence-electron chi connectivity index (χ0n) is 43.0. The number of hydrogen-bond acceptors (Lipinski definition) is 4. The number of aromatic nitrogens is 2. The smallest absolute Gasteiger partial charge is 0.162 e. The first-order valence-electron chi connectivity index (χ1n) is 27.2. The summed E-state index contributed by atoms with van der Waals surface area (Å²) in [7, 11) is 0. The second-order valence-corrected chi connectivity index (χ2v) is 22.3. The third-order valence-corrected chi connectivity index (χ3v) is 17.9. The van der Waals surface area contributed by atoms with Gasteiger partial charge in [0.15, 0.2) is 5.84 Å². The van der Waals surface area contributed by atoms with Gasteiger partial charge in [-0.1, -0.05) is 177 Å². The Bertz CT molecular complexity index is 5280.